The summed E-state index contributed by atoms with van der Waals surface area (Å²) >= 11 is 12.8. The first-order chi connectivity index (χ1) is 18.3. The molecule has 2 heterocycles. The number of hydrogen-bond donors (Lipinski definition) is 1. The summed E-state index contributed by atoms with van der Waals surface area (Å²) in [6, 6.07) is 9.48. The molecule has 198 valence electrons. The summed E-state index contributed by atoms with van der Waals surface area (Å²) in [6.45, 7) is 3.34. The van der Waals surface area contributed by atoms with Crippen LogP contribution in [-0.4, -0.2) is 59.3 Å². The van der Waals surface area contributed by atoms with Crippen molar-refractivity contribution in [1.82, 2.24) is 19.7 Å². The molecule has 0 atom stereocenters. The molecule has 0 unspecified atom stereocenters. The van der Waals surface area contributed by atoms with Gasteiger partial charge in [-0.25, -0.2) is 4.79 Å². The monoisotopic (exact) mass is 557 g/mol. The summed E-state index contributed by atoms with van der Waals surface area (Å²) in [5, 5.41) is 13.0. The van der Waals surface area contributed by atoms with Crippen molar-refractivity contribution in [3.05, 3.63) is 78.0 Å². The normalized spacial score (nSPS) is 13.9. The van der Waals surface area contributed by atoms with Crippen LogP contribution in [0.3, 0.4) is 0 Å². The van der Waals surface area contributed by atoms with E-state index in [0.717, 1.165) is 55.7 Å². The Morgan fingerprint density at radius 2 is 1.95 bits per heavy atom. The molecule has 2 aromatic carbocycles. The SMILES string of the molecule is CN(CCc1cc(Oc2c(Cl)cc(-n3nc(C#N)c(=O)[nH]c3=O)cc2Cl)ccc1C=O)CC1CCOCC1. The van der Waals surface area contributed by atoms with Crippen LogP contribution in [0.15, 0.2) is 39.9 Å². The van der Waals surface area contributed by atoms with Gasteiger partial charge in [-0.15, -0.1) is 5.10 Å². The molecule has 0 aliphatic carbocycles. The van der Waals surface area contributed by atoms with Gasteiger partial charge in [-0.3, -0.25) is 14.6 Å². The summed E-state index contributed by atoms with van der Waals surface area (Å²) < 4.78 is 12.2. The minimum Gasteiger partial charge on any atom is -0.454 e. The van der Waals surface area contributed by atoms with Crippen LogP contribution in [0, 0.1) is 17.2 Å². The van der Waals surface area contributed by atoms with Crippen LogP contribution in [0.2, 0.25) is 10.0 Å². The second-order valence-corrected chi connectivity index (χ2v) is 9.83. The van der Waals surface area contributed by atoms with Crippen LogP contribution in [0.1, 0.15) is 34.5 Å². The minimum absolute atomic E-state index is 0.0723. The van der Waals surface area contributed by atoms with Gasteiger partial charge in [0.25, 0.3) is 5.56 Å². The summed E-state index contributed by atoms with van der Waals surface area (Å²) in [5.41, 5.74) is -0.705. The average molecular weight is 558 g/mol. The van der Waals surface area contributed by atoms with E-state index < -0.39 is 16.9 Å². The number of halogens is 2. The van der Waals surface area contributed by atoms with Gasteiger partial charge in [-0.2, -0.15) is 9.94 Å². The van der Waals surface area contributed by atoms with Crippen LogP contribution in [0.4, 0.5) is 0 Å². The summed E-state index contributed by atoms with van der Waals surface area (Å²) in [4.78, 5) is 39.8. The highest BCUT2D eigenvalue weighted by atomic mass is 35.5. The Morgan fingerprint density at radius 3 is 2.61 bits per heavy atom. The number of hydrogen-bond acceptors (Lipinski definition) is 8. The van der Waals surface area contributed by atoms with Crippen LogP contribution in [0.5, 0.6) is 11.5 Å². The Balaban J connectivity index is 1.52. The molecule has 0 bridgehead atoms. The molecule has 4 rings (SSSR count). The number of carbonyl (C=O) groups excluding carboxylic acids is 1. The number of carbonyl (C=O) groups is 1. The highest BCUT2D eigenvalue weighted by Crippen LogP contribution is 2.38. The van der Waals surface area contributed by atoms with Crippen molar-refractivity contribution in [2.75, 3.05) is 33.4 Å². The molecule has 3 aromatic rings. The Bertz CT molecular complexity index is 1470. The standard InChI is InChI=1S/C26H25Cl2N5O5/c1-32(14-16-5-8-37-9-6-16)7-4-17-10-20(3-2-18(17)15-34)38-24-21(27)11-19(12-22(24)28)33-26(36)30-25(35)23(13-29)31-33/h2-3,10-12,15-16H,4-9,14H2,1H3,(H,30,35,36). The Hall–Kier alpha value is -3.49. The van der Waals surface area contributed by atoms with Gasteiger partial charge in [0.1, 0.15) is 18.1 Å². The fourth-order valence-electron chi connectivity index (χ4n) is 4.28. The first-order valence-electron chi connectivity index (χ1n) is 11.9. The van der Waals surface area contributed by atoms with Crippen molar-refractivity contribution in [3.63, 3.8) is 0 Å². The van der Waals surface area contributed by atoms with Gasteiger partial charge in [0.2, 0.25) is 5.69 Å². The third-order valence-corrected chi connectivity index (χ3v) is 6.86. The van der Waals surface area contributed by atoms with Gasteiger partial charge in [0, 0.05) is 31.9 Å². The highest BCUT2D eigenvalue weighted by molar-refractivity contribution is 6.37. The second-order valence-electron chi connectivity index (χ2n) is 9.02. The molecule has 1 aromatic heterocycles. The fraction of sp³-hybridized carbons (Fsp3) is 0.346. The lowest BCUT2D eigenvalue weighted by Crippen LogP contribution is -2.33. The van der Waals surface area contributed by atoms with E-state index in [2.05, 4.69) is 17.0 Å². The van der Waals surface area contributed by atoms with Crippen molar-refractivity contribution in [3.8, 4) is 23.3 Å². The van der Waals surface area contributed by atoms with Crippen LogP contribution in [0.25, 0.3) is 5.69 Å². The fourth-order valence-corrected chi connectivity index (χ4v) is 4.83. The van der Waals surface area contributed by atoms with Crippen molar-refractivity contribution < 1.29 is 14.3 Å². The van der Waals surface area contributed by atoms with Crippen molar-refractivity contribution in [2.24, 2.45) is 5.92 Å². The molecule has 1 N–H and O–H groups in total. The zero-order chi connectivity index (χ0) is 27.2. The van der Waals surface area contributed by atoms with E-state index >= 15 is 0 Å². The number of likely N-dealkylation sites (N-methyl/N-ethyl adjacent to an activating group) is 1. The molecule has 1 aliphatic rings. The maximum Gasteiger partial charge on any atom is 0.349 e. The van der Waals surface area contributed by atoms with E-state index in [1.165, 1.54) is 12.1 Å². The number of H-pyrrole nitrogens is 1. The second kappa shape index (κ2) is 12.4. The number of nitrogens with zero attached hydrogens (tertiary/aromatic N) is 4. The van der Waals surface area contributed by atoms with Gasteiger partial charge < -0.3 is 14.4 Å². The Morgan fingerprint density at radius 1 is 1.24 bits per heavy atom. The summed E-state index contributed by atoms with van der Waals surface area (Å²) in [6.07, 6.45) is 3.57. The van der Waals surface area contributed by atoms with E-state index in [9.17, 15) is 14.4 Å². The molecule has 1 saturated heterocycles. The van der Waals surface area contributed by atoms with Crippen molar-refractivity contribution >= 4 is 29.5 Å². The number of aldehydes is 1. The molecule has 10 nitrogen and oxygen atoms in total. The molecule has 12 heteroatoms. The highest BCUT2D eigenvalue weighted by Gasteiger charge is 2.18. The Labute approximate surface area is 228 Å². The lowest BCUT2D eigenvalue weighted by Gasteiger charge is -2.27. The molecule has 1 aliphatic heterocycles. The van der Waals surface area contributed by atoms with Crippen molar-refractivity contribution in [1.29, 1.82) is 5.26 Å². The third kappa shape index (κ3) is 6.49. The maximum absolute atomic E-state index is 12.2. The molecule has 0 amide bonds. The Kier molecular flexibility index (Phi) is 8.97. The van der Waals surface area contributed by atoms with Gasteiger partial charge in [0.15, 0.2) is 5.75 Å². The van der Waals surface area contributed by atoms with Gasteiger partial charge in [0.05, 0.1) is 15.7 Å². The maximum atomic E-state index is 12.2. The third-order valence-electron chi connectivity index (χ3n) is 6.30. The van der Waals surface area contributed by atoms with E-state index in [-0.39, 0.29) is 21.5 Å². The predicted octanol–water partition coefficient (Wildman–Crippen LogP) is 3.60. The first kappa shape index (κ1) is 27.5. The average Bonchev–Trinajstić information content (AvgIpc) is 2.90. The van der Waals surface area contributed by atoms with E-state index in [4.69, 9.17) is 37.9 Å². The van der Waals surface area contributed by atoms with Crippen LogP contribution < -0.4 is 16.0 Å². The molecule has 0 radical (unpaired) electrons. The zero-order valence-corrected chi connectivity index (χ0v) is 22.1. The van der Waals surface area contributed by atoms with Crippen LogP contribution in [-0.2, 0) is 11.2 Å². The summed E-state index contributed by atoms with van der Waals surface area (Å²) in [5.74, 6) is 1.17. The van der Waals surface area contributed by atoms with Crippen LogP contribution >= 0.6 is 23.2 Å². The number of aromatic amines is 1. The number of ether oxygens (including phenoxy) is 2. The molecular formula is C26H25Cl2N5O5. The van der Waals surface area contributed by atoms with E-state index in [0.29, 0.717) is 23.7 Å². The lowest BCUT2D eigenvalue weighted by atomic mass is 9.99. The molecule has 1 fully saturated rings. The van der Waals surface area contributed by atoms with Gasteiger partial charge in [-0.1, -0.05) is 23.2 Å². The minimum atomic E-state index is -0.893. The number of nitriles is 1. The number of benzene rings is 2. The van der Waals surface area contributed by atoms with E-state index in [1.807, 2.05) is 4.98 Å². The quantitative estimate of drug-likeness (QED) is 0.395. The lowest BCUT2D eigenvalue weighted by molar-refractivity contribution is 0.0558. The molecule has 0 spiro atoms. The topological polar surface area (TPSA) is 130 Å². The van der Waals surface area contributed by atoms with E-state index in [1.54, 1.807) is 24.3 Å². The molecule has 38 heavy (non-hydrogen) atoms. The number of aromatic nitrogens is 3. The van der Waals surface area contributed by atoms with Gasteiger partial charge in [-0.05, 0) is 68.1 Å². The summed E-state index contributed by atoms with van der Waals surface area (Å²) in [7, 11) is 2.07. The molecular weight excluding hydrogens is 533 g/mol. The predicted molar refractivity (Wildman–Crippen MR) is 142 cm³/mol. The smallest absolute Gasteiger partial charge is 0.349 e. The first-order valence-corrected chi connectivity index (χ1v) is 12.7. The molecule has 0 saturated carbocycles. The number of rotatable bonds is 9. The zero-order valence-electron chi connectivity index (χ0n) is 20.6. The number of nitrogens with one attached hydrogen (secondary N) is 1. The largest absolute Gasteiger partial charge is 0.454 e. The van der Waals surface area contributed by atoms with Gasteiger partial charge >= 0.3 is 5.69 Å². The van der Waals surface area contributed by atoms with Crippen molar-refractivity contribution in [2.45, 2.75) is 19.3 Å².